The molecule has 0 aliphatic heterocycles. The van der Waals surface area contributed by atoms with E-state index in [1.54, 1.807) is 18.2 Å². The number of hydrogen-bond donors (Lipinski definition) is 2. The number of nitrogens with two attached hydrogens (primary N) is 1. The minimum atomic E-state index is 0.0236. The predicted molar refractivity (Wildman–Crippen MR) is 66.0 cm³/mol. The zero-order chi connectivity index (χ0) is 12.4. The van der Waals surface area contributed by atoms with Crippen LogP contribution in [-0.2, 0) is 0 Å². The van der Waals surface area contributed by atoms with Gasteiger partial charge in [0.05, 0.1) is 0 Å². The van der Waals surface area contributed by atoms with Gasteiger partial charge in [0.15, 0.2) is 0 Å². The fourth-order valence-electron chi connectivity index (χ4n) is 2.02. The van der Waals surface area contributed by atoms with Gasteiger partial charge in [-0.1, -0.05) is 0 Å². The zero-order valence-electron chi connectivity index (χ0n) is 10.0. The lowest BCUT2D eigenvalue weighted by atomic mass is 10.1. The zero-order valence-corrected chi connectivity index (χ0v) is 10.0. The average Bonchev–Trinajstić information content (AvgIpc) is 3.09. The van der Waals surface area contributed by atoms with Gasteiger partial charge in [-0.15, -0.1) is 0 Å². The van der Waals surface area contributed by atoms with Gasteiger partial charge in [0.1, 0.15) is 5.75 Å². The number of aromatic hydroxyl groups is 1. The van der Waals surface area contributed by atoms with Gasteiger partial charge >= 0.3 is 0 Å². The first-order valence-corrected chi connectivity index (χ1v) is 5.94. The van der Waals surface area contributed by atoms with E-state index in [1.807, 2.05) is 11.8 Å². The molecule has 1 saturated carbocycles. The first-order chi connectivity index (χ1) is 8.13. The number of phenols is 1. The first-order valence-electron chi connectivity index (χ1n) is 5.94. The maximum Gasteiger partial charge on any atom is 0.254 e. The minimum Gasteiger partial charge on any atom is -0.508 e. The Hall–Kier alpha value is -1.55. The molecule has 0 heterocycles. The average molecular weight is 234 g/mol. The third kappa shape index (κ3) is 2.58. The van der Waals surface area contributed by atoms with Gasteiger partial charge in [-0.3, -0.25) is 4.79 Å². The van der Waals surface area contributed by atoms with E-state index in [2.05, 4.69) is 0 Å². The minimum absolute atomic E-state index is 0.0236. The molecule has 1 aliphatic carbocycles. The summed E-state index contributed by atoms with van der Waals surface area (Å²) in [5.74, 6) is 0.214. The number of benzene rings is 1. The molecular formula is C13H18N2O2. The Kier molecular flexibility index (Phi) is 3.33. The number of nitrogens with zero attached hydrogens (tertiary/aromatic N) is 1. The highest BCUT2D eigenvalue weighted by atomic mass is 16.3. The molecule has 0 spiro atoms. The highest BCUT2D eigenvalue weighted by Crippen LogP contribution is 2.28. The van der Waals surface area contributed by atoms with Crippen LogP contribution in [0.3, 0.4) is 0 Å². The van der Waals surface area contributed by atoms with Gasteiger partial charge in [0, 0.05) is 24.7 Å². The monoisotopic (exact) mass is 234 g/mol. The third-order valence-corrected chi connectivity index (χ3v) is 3.06. The van der Waals surface area contributed by atoms with E-state index in [0.717, 1.165) is 18.4 Å². The molecule has 1 aromatic carbocycles. The molecule has 3 N–H and O–H groups in total. The second-order valence-electron chi connectivity index (χ2n) is 4.52. The molecule has 92 valence electrons. The van der Waals surface area contributed by atoms with Crippen molar-refractivity contribution in [1.82, 2.24) is 4.90 Å². The number of carbonyl (C=O) groups excluding carboxylic acids is 1. The molecule has 0 aromatic heterocycles. The van der Waals surface area contributed by atoms with E-state index in [-0.39, 0.29) is 11.7 Å². The SMILES string of the molecule is Cc1cc(O)ccc1C(=O)N(CCN)C1CC1. The Morgan fingerprint density at radius 3 is 2.76 bits per heavy atom. The molecule has 1 fully saturated rings. The van der Waals surface area contributed by atoms with Crippen molar-refractivity contribution in [3.63, 3.8) is 0 Å². The van der Waals surface area contributed by atoms with Gasteiger partial charge in [0.2, 0.25) is 0 Å². The normalized spacial score (nSPS) is 14.7. The lowest BCUT2D eigenvalue weighted by Crippen LogP contribution is -2.37. The molecule has 4 nitrogen and oxygen atoms in total. The smallest absolute Gasteiger partial charge is 0.254 e. The first kappa shape index (κ1) is 11.9. The third-order valence-electron chi connectivity index (χ3n) is 3.06. The summed E-state index contributed by atoms with van der Waals surface area (Å²) in [6.45, 7) is 2.92. The number of hydrogen-bond acceptors (Lipinski definition) is 3. The molecular weight excluding hydrogens is 216 g/mol. The van der Waals surface area contributed by atoms with E-state index >= 15 is 0 Å². The lowest BCUT2D eigenvalue weighted by molar-refractivity contribution is 0.0747. The summed E-state index contributed by atoms with van der Waals surface area (Å²) in [6, 6.07) is 5.20. The summed E-state index contributed by atoms with van der Waals surface area (Å²) in [4.78, 5) is 14.2. The predicted octanol–water partition coefficient (Wildman–Crippen LogP) is 1.26. The molecule has 0 atom stereocenters. The van der Waals surface area contributed by atoms with Crippen LogP contribution in [0.25, 0.3) is 0 Å². The van der Waals surface area contributed by atoms with Gasteiger partial charge in [-0.05, 0) is 43.5 Å². The van der Waals surface area contributed by atoms with Crippen LogP contribution in [-0.4, -0.2) is 35.0 Å². The Morgan fingerprint density at radius 1 is 1.53 bits per heavy atom. The van der Waals surface area contributed by atoms with Crippen LogP contribution in [0.2, 0.25) is 0 Å². The molecule has 1 aromatic rings. The topological polar surface area (TPSA) is 66.6 Å². The quantitative estimate of drug-likeness (QED) is 0.824. The lowest BCUT2D eigenvalue weighted by Gasteiger charge is -2.22. The van der Waals surface area contributed by atoms with Crippen LogP contribution >= 0.6 is 0 Å². The molecule has 0 bridgehead atoms. The second kappa shape index (κ2) is 4.75. The second-order valence-corrected chi connectivity index (χ2v) is 4.52. The highest BCUT2D eigenvalue weighted by molar-refractivity contribution is 5.96. The standard InChI is InChI=1S/C13H18N2O2/c1-9-8-11(16)4-5-12(9)13(17)15(7-6-14)10-2-3-10/h4-5,8,10,16H,2-3,6-7,14H2,1H3. The fourth-order valence-corrected chi connectivity index (χ4v) is 2.02. The molecule has 1 aliphatic rings. The van der Waals surface area contributed by atoms with Gasteiger partial charge in [-0.25, -0.2) is 0 Å². The summed E-state index contributed by atoms with van der Waals surface area (Å²) >= 11 is 0. The molecule has 4 heteroatoms. The molecule has 0 unspecified atom stereocenters. The summed E-state index contributed by atoms with van der Waals surface area (Å²) in [7, 11) is 0. The van der Waals surface area contributed by atoms with E-state index in [0.29, 0.717) is 24.7 Å². The molecule has 0 radical (unpaired) electrons. The van der Waals surface area contributed by atoms with Crippen molar-refractivity contribution in [2.45, 2.75) is 25.8 Å². The Bertz CT molecular complexity index is 427. The largest absolute Gasteiger partial charge is 0.508 e. The van der Waals surface area contributed by atoms with Crippen molar-refractivity contribution < 1.29 is 9.90 Å². The van der Waals surface area contributed by atoms with Crippen molar-refractivity contribution >= 4 is 5.91 Å². The van der Waals surface area contributed by atoms with E-state index in [4.69, 9.17) is 5.73 Å². The van der Waals surface area contributed by atoms with Crippen molar-refractivity contribution in [2.75, 3.05) is 13.1 Å². The van der Waals surface area contributed by atoms with Crippen LogP contribution in [0.1, 0.15) is 28.8 Å². The van der Waals surface area contributed by atoms with Crippen molar-refractivity contribution in [1.29, 1.82) is 0 Å². The number of aryl methyl sites for hydroxylation is 1. The molecule has 0 saturated heterocycles. The molecule has 2 rings (SSSR count). The number of amides is 1. The van der Waals surface area contributed by atoms with Crippen molar-refractivity contribution in [3.05, 3.63) is 29.3 Å². The fraction of sp³-hybridized carbons (Fsp3) is 0.462. The Labute approximate surface area is 101 Å². The molecule has 1 amide bonds. The Morgan fingerprint density at radius 2 is 2.24 bits per heavy atom. The highest BCUT2D eigenvalue weighted by Gasteiger charge is 2.32. The summed E-state index contributed by atoms with van der Waals surface area (Å²) < 4.78 is 0. The van der Waals surface area contributed by atoms with Crippen LogP contribution < -0.4 is 5.73 Å². The van der Waals surface area contributed by atoms with Gasteiger partial charge in [0.25, 0.3) is 5.91 Å². The van der Waals surface area contributed by atoms with Crippen LogP contribution in [0.15, 0.2) is 18.2 Å². The summed E-state index contributed by atoms with van der Waals surface area (Å²) in [5, 5.41) is 9.34. The van der Waals surface area contributed by atoms with Crippen LogP contribution in [0.5, 0.6) is 5.75 Å². The van der Waals surface area contributed by atoms with E-state index < -0.39 is 0 Å². The number of carbonyl (C=O) groups is 1. The molecule has 17 heavy (non-hydrogen) atoms. The summed E-state index contributed by atoms with van der Waals surface area (Å²) in [6.07, 6.45) is 2.14. The van der Waals surface area contributed by atoms with Crippen LogP contribution in [0.4, 0.5) is 0 Å². The van der Waals surface area contributed by atoms with Gasteiger partial charge < -0.3 is 15.7 Å². The van der Waals surface area contributed by atoms with Gasteiger partial charge in [-0.2, -0.15) is 0 Å². The Balaban J connectivity index is 2.22. The number of phenolic OH excluding ortho intramolecular Hbond substituents is 1. The van der Waals surface area contributed by atoms with Crippen molar-refractivity contribution in [2.24, 2.45) is 5.73 Å². The number of rotatable bonds is 4. The maximum absolute atomic E-state index is 12.3. The summed E-state index contributed by atoms with van der Waals surface area (Å²) in [5.41, 5.74) is 7.00. The van der Waals surface area contributed by atoms with E-state index in [9.17, 15) is 9.90 Å². The van der Waals surface area contributed by atoms with Crippen LogP contribution in [0, 0.1) is 6.92 Å². The van der Waals surface area contributed by atoms with E-state index in [1.165, 1.54) is 0 Å². The maximum atomic E-state index is 12.3. The van der Waals surface area contributed by atoms with Crippen molar-refractivity contribution in [3.8, 4) is 5.75 Å².